The molecule has 0 bridgehead atoms. The lowest BCUT2D eigenvalue weighted by atomic mass is 9.88. The highest BCUT2D eigenvalue weighted by molar-refractivity contribution is 7.99. The molecule has 3 unspecified atom stereocenters. The molecule has 3 aliphatic rings. The van der Waals surface area contributed by atoms with Crippen LogP contribution in [0.3, 0.4) is 0 Å². The highest BCUT2D eigenvalue weighted by atomic mass is 32.2. The van der Waals surface area contributed by atoms with Gasteiger partial charge in [0, 0.05) is 38.0 Å². The Labute approximate surface area is 120 Å². The molecule has 3 saturated heterocycles. The van der Waals surface area contributed by atoms with E-state index in [2.05, 4.69) is 22.0 Å². The predicted octanol–water partition coefficient (Wildman–Crippen LogP) is 0.961. The molecule has 110 valence electrons. The van der Waals surface area contributed by atoms with E-state index in [1.807, 2.05) is 7.05 Å². The minimum atomic E-state index is 0.199. The summed E-state index contributed by atoms with van der Waals surface area (Å²) in [5.41, 5.74) is 0.199. The number of hydrogen-bond acceptors (Lipinski definition) is 5. The van der Waals surface area contributed by atoms with E-state index in [4.69, 9.17) is 9.47 Å². The van der Waals surface area contributed by atoms with E-state index in [0.29, 0.717) is 12.1 Å². The summed E-state index contributed by atoms with van der Waals surface area (Å²) in [5.74, 6) is 2.48. The van der Waals surface area contributed by atoms with Crippen molar-refractivity contribution in [2.24, 2.45) is 0 Å². The van der Waals surface area contributed by atoms with Gasteiger partial charge in [0.2, 0.25) is 0 Å². The van der Waals surface area contributed by atoms with E-state index in [-0.39, 0.29) is 5.60 Å². The number of likely N-dealkylation sites (N-methyl/N-ethyl adjacent to an activating group) is 1. The second-order valence-electron chi connectivity index (χ2n) is 6.03. The summed E-state index contributed by atoms with van der Waals surface area (Å²) in [6, 6.07) is 0.704. The van der Waals surface area contributed by atoms with E-state index in [1.165, 1.54) is 30.8 Å². The molecule has 0 aromatic rings. The summed E-state index contributed by atoms with van der Waals surface area (Å²) >= 11 is 2.06. The first-order valence-corrected chi connectivity index (χ1v) is 8.69. The maximum absolute atomic E-state index is 6.13. The standard InChI is InChI=1S/C14H26N2O2S/c1-15-9-13-10-16(4-6-17-13)12-2-5-18-14(8-12)3-7-19-11-14/h12-13,15H,2-11H2,1H3. The van der Waals surface area contributed by atoms with Crippen LogP contribution in [0.1, 0.15) is 19.3 Å². The second kappa shape index (κ2) is 6.31. The molecule has 1 spiro atoms. The van der Waals surface area contributed by atoms with Gasteiger partial charge in [0.25, 0.3) is 0 Å². The Bertz CT molecular complexity index is 295. The number of rotatable bonds is 3. The lowest BCUT2D eigenvalue weighted by Gasteiger charge is -2.45. The third-order valence-electron chi connectivity index (χ3n) is 4.65. The number of hydrogen-bond donors (Lipinski definition) is 1. The van der Waals surface area contributed by atoms with Gasteiger partial charge in [-0.25, -0.2) is 0 Å². The molecule has 0 aromatic carbocycles. The SMILES string of the molecule is CNCC1CN(C2CCOC3(CCSC3)C2)CCO1. The molecule has 0 saturated carbocycles. The third-order valence-corrected chi connectivity index (χ3v) is 5.88. The van der Waals surface area contributed by atoms with Crippen LogP contribution < -0.4 is 5.32 Å². The van der Waals surface area contributed by atoms with E-state index in [0.717, 1.165) is 32.8 Å². The Morgan fingerprint density at radius 3 is 3.16 bits per heavy atom. The largest absolute Gasteiger partial charge is 0.374 e. The van der Waals surface area contributed by atoms with Gasteiger partial charge in [0.15, 0.2) is 0 Å². The van der Waals surface area contributed by atoms with Crippen molar-refractivity contribution < 1.29 is 9.47 Å². The summed E-state index contributed by atoms with van der Waals surface area (Å²) in [7, 11) is 2.00. The van der Waals surface area contributed by atoms with Crippen LogP contribution in [0.15, 0.2) is 0 Å². The van der Waals surface area contributed by atoms with Crippen molar-refractivity contribution >= 4 is 11.8 Å². The predicted molar refractivity (Wildman–Crippen MR) is 78.9 cm³/mol. The van der Waals surface area contributed by atoms with Crippen LogP contribution in [0.5, 0.6) is 0 Å². The van der Waals surface area contributed by atoms with Crippen molar-refractivity contribution in [1.82, 2.24) is 10.2 Å². The van der Waals surface area contributed by atoms with E-state index in [9.17, 15) is 0 Å². The van der Waals surface area contributed by atoms with Gasteiger partial charge >= 0.3 is 0 Å². The van der Waals surface area contributed by atoms with Crippen molar-refractivity contribution in [2.45, 2.75) is 37.0 Å². The normalized spacial score (nSPS) is 40.9. The second-order valence-corrected chi connectivity index (χ2v) is 7.13. The van der Waals surface area contributed by atoms with Crippen LogP contribution >= 0.6 is 11.8 Å². The Morgan fingerprint density at radius 1 is 1.42 bits per heavy atom. The van der Waals surface area contributed by atoms with E-state index >= 15 is 0 Å². The molecule has 1 N–H and O–H groups in total. The molecule has 0 aromatic heterocycles. The smallest absolute Gasteiger partial charge is 0.0826 e. The Balaban J connectivity index is 1.58. The zero-order chi connectivity index (χ0) is 13.1. The number of nitrogens with one attached hydrogen (secondary N) is 1. The first kappa shape index (κ1) is 14.1. The van der Waals surface area contributed by atoms with Gasteiger partial charge < -0.3 is 14.8 Å². The van der Waals surface area contributed by atoms with Gasteiger partial charge in [-0.3, -0.25) is 4.90 Å². The minimum absolute atomic E-state index is 0.199. The molecule has 3 atom stereocenters. The van der Waals surface area contributed by atoms with Gasteiger partial charge in [0.05, 0.1) is 18.3 Å². The fourth-order valence-corrected chi connectivity index (χ4v) is 4.98. The molecule has 3 aliphatic heterocycles. The van der Waals surface area contributed by atoms with Crippen LogP contribution in [0.2, 0.25) is 0 Å². The van der Waals surface area contributed by atoms with Crippen molar-refractivity contribution in [3.63, 3.8) is 0 Å². The van der Waals surface area contributed by atoms with Crippen molar-refractivity contribution in [1.29, 1.82) is 0 Å². The zero-order valence-corrected chi connectivity index (χ0v) is 12.7. The van der Waals surface area contributed by atoms with Crippen LogP contribution in [0, 0.1) is 0 Å². The van der Waals surface area contributed by atoms with Crippen LogP contribution in [-0.4, -0.2) is 74.0 Å². The van der Waals surface area contributed by atoms with Crippen LogP contribution in [0.4, 0.5) is 0 Å². The molecular formula is C14H26N2O2S. The number of thioether (sulfide) groups is 1. The van der Waals surface area contributed by atoms with E-state index in [1.54, 1.807) is 0 Å². The maximum atomic E-state index is 6.13. The maximum Gasteiger partial charge on any atom is 0.0826 e. The highest BCUT2D eigenvalue weighted by Gasteiger charge is 2.42. The summed E-state index contributed by atoms with van der Waals surface area (Å²) in [6.07, 6.45) is 4.03. The first-order chi connectivity index (χ1) is 9.31. The Morgan fingerprint density at radius 2 is 2.37 bits per heavy atom. The van der Waals surface area contributed by atoms with Gasteiger partial charge in [-0.15, -0.1) is 0 Å². The van der Waals surface area contributed by atoms with Gasteiger partial charge in [-0.1, -0.05) is 0 Å². The monoisotopic (exact) mass is 286 g/mol. The lowest BCUT2D eigenvalue weighted by Crippen LogP contribution is -2.55. The Kier molecular flexibility index (Phi) is 4.70. The average molecular weight is 286 g/mol. The molecular weight excluding hydrogens is 260 g/mol. The Hall–Kier alpha value is 0.190. The molecule has 5 heteroatoms. The summed E-state index contributed by atoms with van der Waals surface area (Å²) in [6.45, 7) is 4.95. The molecule has 3 heterocycles. The highest BCUT2D eigenvalue weighted by Crippen LogP contribution is 2.39. The van der Waals surface area contributed by atoms with Crippen molar-refractivity contribution in [2.75, 3.05) is 51.4 Å². The molecule has 3 rings (SSSR count). The summed E-state index contributed by atoms with van der Waals surface area (Å²) in [5, 5.41) is 3.23. The fraction of sp³-hybridized carbons (Fsp3) is 1.00. The van der Waals surface area contributed by atoms with Gasteiger partial charge in [-0.05, 0) is 32.1 Å². The quantitative estimate of drug-likeness (QED) is 0.836. The minimum Gasteiger partial charge on any atom is -0.374 e. The first-order valence-electron chi connectivity index (χ1n) is 7.53. The summed E-state index contributed by atoms with van der Waals surface area (Å²) < 4.78 is 11.9. The van der Waals surface area contributed by atoms with E-state index < -0.39 is 0 Å². The zero-order valence-electron chi connectivity index (χ0n) is 11.9. The number of ether oxygens (including phenoxy) is 2. The van der Waals surface area contributed by atoms with Crippen LogP contribution in [0.25, 0.3) is 0 Å². The lowest BCUT2D eigenvalue weighted by molar-refractivity contribution is -0.112. The summed E-state index contributed by atoms with van der Waals surface area (Å²) in [4.78, 5) is 2.65. The van der Waals surface area contributed by atoms with Gasteiger partial charge in [0.1, 0.15) is 0 Å². The van der Waals surface area contributed by atoms with Gasteiger partial charge in [-0.2, -0.15) is 11.8 Å². The number of nitrogens with zero attached hydrogens (tertiary/aromatic N) is 1. The fourth-order valence-electron chi connectivity index (χ4n) is 3.60. The molecule has 19 heavy (non-hydrogen) atoms. The van der Waals surface area contributed by atoms with Crippen LogP contribution in [-0.2, 0) is 9.47 Å². The third kappa shape index (κ3) is 3.27. The molecule has 0 amide bonds. The molecule has 0 radical (unpaired) electrons. The molecule has 3 fully saturated rings. The van der Waals surface area contributed by atoms with Crippen molar-refractivity contribution in [3.8, 4) is 0 Å². The number of morpholine rings is 1. The van der Waals surface area contributed by atoms with Crippen molar-refractivity contribution in [3.05, 3.63) is 0 Å². The molecule has 4 nitrogen and oxygen atoms in total. The molecule has 0 aliphatic carbocycles. The average Bonchev–Trinajstić information content (AvgIpc) is 2.87. The topological polar surface area (TPSA) is 33.7 Å².